The van der Waals surface area contributed by atoms with Crippen LogP contribution < -0.4 is 4.74 Å². The Morgan fingerprint density at radius 3 is 2.52 bits per heavy atom. The molecule has 0 saturated heterocycles. The molecule has 0 heterocycles. The highest BCUT2D eigenvalue weighted by Crippen LogP contribution is 2.34. The summed E-state index contributed by atoms with van der Waals surface area (Å²) in [5.41, 5.74) is -1.02. The summed E-state index contributed by atoms with van der Waals surface area (Å²) in [5.74, 6) is -0.0344. The molecule has 3 nitrogen and oxygen atoms in total. The van der Waals surface area contributed by atoms with Gasteiger partial charge in [-0.25, -0.2) is 0 Å². The van der Waals surface area contributed by atoms with Gasteiger partial charge in [-0.05, 0) is 30.3 Å². The fourth-order valence-corrected chi connectivity index (χ4v) is 1.66. The number of phenolic OH excluding ortho intramolecular Hbond substituents is 1. The zero-order chi connectivity index (χ0) is 15.5. The van der Waals surface area contributed by atoms with Crippen molar-refractivity contribution in [2.45, 2.75) is 6.18 Å². The van der Waals surface area contributed by atoms with Crippen molar-refractivity contribution < 1.29 is 23.0 Å². The number of nitrogens with zero attached hydrogens (tertiary/aromatic N) is 1. The highest BCUT2D eigenvalue weighted by atomic mass is 19.4. The molecule has 0 bridgehead atoms. The van der Waals surface area contributed by atoms with Gasteiger partial charge in [-0.2, -0.15) is 18.4 Å². The molecule has 21 heavy (non-hydrogen) atoms. The summed E-state index contributed by atoms with van der Waals surface area (Å²) in [6.45, 7) is 1.21. The Balaban J connectivity index is 2.20. The molecular formula is C15H9F3NO2. The first kappa shape index (κ1) is 14.7. The summed E-state index contributed by atoms with van der Waals surface area (Å²) in [6.07, 6.45) is -4.63. The second-order valence-corrected chi connectivity index (χ2v) is 4.15. The average molecular weight is 292 g/mol. The first-order chi connectivity index (χ1) is 9.90. The lowest BCUT2D eigenvalue weighted by Gasteiger charge is -2.11. The van der Waals surface area contributed by atoms with Crippen molar-refractivity contribution in [2.24, 2.45) is 0 Å². The van der Waals surface area contributed by atoms with Crippen LogP contribution in [0.2, 0.25) is 0 Å². The van der Waals surface area contributed by atoms with E-state index in [1.807, 2.05) is 0 Å². The Bertz CT molecular complexity index is 690. The van der Waals surface area contributed by atoms with Crippen molar-refractivity contribution in [3.8, 4) is 17.6 Å². The van der Waals surface area contributed by atoms with Gasteiger partial charge in [-0.1, -0.05) is 12.1 Å². The molecule has 0 saturated carbocycles. The second-order valence-electron chi connectivity index (χ2n) is 4.15. The van der Waals surface area contributed by atoms with Crippen LogP contribution in [0, 0.1) is 17.9 Å². The van der Waals surface area contributed by atoms with E-state index in [1.54, 1.807) is 12.1 Å². The quantitative estimate of drug-likeness (QED) is 0.934. The van der Waals surface area contributed by atoms with E-state index >= 15 is 0 Å². The molecule has 0 atom stereocenters. The van der Waals surface area contributed by atoms with Gasteiger partial charge >= 0.3 is 6.18 Å². The Labute approximate surface area is 118 Å². The molecule has 0 aromatic heterocycles. The van der Waals surface area contributed by atoms with Crippen molar-refractivity contribution in [1.29, 1.82) is 5.26 Å². The zero-order valence-electron chi connectivity index (χ0n) is 10.6. The third-order valence-electron chi connectivity index (χ3n) is 2.62. The number of hydrogen-bond donors (Lipinski definition) is 1. The minimum atomic E-state index is -4.63. The van der Waals surface area contributed by atoms with Gasteiger partial charge in [0.2, 0.25) is 0 Å². The molecule has 1 radical (unpaired) electrons. The molecule has 0 aliphatic carbocycles. The van der Waals surface area contributed by atoms with Crippen LogP contribution in [0.1, 0.15) is 16.7 Å². The summed E-state index contributed by atoms with van der Waals surface area (Å²) in [5, 5.41) is 18.0. The molecule has 2 rings (SSSR count). The number of phenols is 1. The van der Waals surface area contributed by atoms with E-state index in [1.165, 1.54) is 30.9 Å². The normalized spacial score (nSPS) is 11.0. The fraction of sp³-hybridized carbons (Fsp3) is 0.0667. The van der Waals surface area contributed by atoms with Crippen LogP contribution in [0.25, 0.3) is 0 Å². The van der Waals surface area contributed by atoms with Crippen LogP contribution in [0.4, 0.5) is 13.2 Å². The number of alkyl halides is 3. The summed E-state index contributed by atoms with van der Waals surface area (Å²) in [6, 6.07) is 10.6. The molecule has 0 aliphatic rings. The van der Waals surface area contributed by atoms with E-state index in [0.29, 0.717) is 5.56 Å². The van der Waals surface area contributed by atoms with E-state index in [-0.39, 0.29) is 11.5 Å². The standard InChI is InChI=1S/C15H9F3NO2/c16-15(17,18)14-7-13(5-4-11(14)8-19)21-9-10-2-1-3-12(20)6-10/h1-7,9,20H. The Kier molecular flexibility index (Phi) is 4.03. The molecule has 0 unspecified atom stereocenters. The van der Waals surface area contributed by atoms with E-state index in [4.69, 9.17) is 10.00 Å². The van der Waals surface area contributed by atoms with Crippen LogP contribution in [0.5, 0.6) is 11.5 Å². The lowest BCUT2D eigenvalue weighted by atomic mass is 10.1. The molecule has 0 aliphatic heterocycles. The van der Waals surface area contributed by atoms with Crippen LogP contribution in [-0.4, -0.2) is 5.11 Å². The second kappa shape index (κ2) is 5.75. The van der Waals surface area contributed by atoms with E-state index in [9.17, 15) is 18.3 Å². The minimum Gasteiger partial charge on any atom is -0.508 e. The molecule has 0 fully saturated rings. The van der Waals surface area contributed by atoms with Gasteiger partial charge in [-0.15, -0.1) is 0 Å². The maximum Gasteiger partial charge on any atom is 0.417 e. The number of rotatable bonds is 3. The Morgan fingerprint density at radius 2 is 1.90 bits per heavy atom. The van der Waals surface area contributed by atoms with Crippen LogP contribution in [0.3, 0.4) is 0 Å². The van der Waals surface area contributed by atoms with Gasteiger partial charge in [0.1, 0.15) is 11.5 Å². The first-order valence-corrected chi connectivity index (χ1v) is 5.80. The highest BCUT2D eigenvalue weighted by Gasteiger charge is 2.34. The number of nitriles is 1. The highest BCUT2D eigenvalue weighted by molar-refractivity contribution is 5.44. The predicted molar refractivity (Wildman–Crippen MR) is 68.3 cm³/mol. The lowest BCUT2D eigenvalue weighted by Crippen LogP contribution is -2.08. The van der Waals surface area contributed by atoms with Crippen molar-refractivity contribution in [2.75, 3.05) is 0 Å². The van der Waals surface area contributed by atoms with Gasteiger partial charge in [-0.3, -0.25) is 0 Å². The van der Waals surface area contributed by atoms with Crippen molar-refractivity contribution in [3.63, 3.8) is 0 Å². The van der Waals surface area contributed by atoms with Gasteiger partial charge in [0.15, 0.2) is 6.61 Å². The van der Waals surface area contributed by atoms with Crippen molar-refractivity contribution >= 4 is 0 Å². The van der Waals surface area contributed by atoms with Crippen LogP contribution in [0.15, 0.2) is 42.5 Å². The summed E-state index contributed by atoms with van der Waals surface area (Å²) >= 11 is 0. The topological polar surface area (TPSA) is 53.2 Å². The Morgan fingerprint density at radius 1 is 1.14 bits per heavy atom. The molecular weight excluding hydrogens is 283 g/mol. The van der Waals surface area contributed by atoms with Gasteiger partial charge in [0.25, 0.3) is 0 Å². The third kappa shape index (κ3) is 3.66. The number of hydrogen-bond acceptors (Lipinski definition) is 3. The molecule has 107 valence electrons. The van der Waals surface area contributed by atoms with E-state index < -0.39 is 17.3 Å². The van der Waals surface area contributed by atoms with Gasteiger partial charge in [0.05, 0.1) is 17.2 Å². The minimum absolute atomic E-state index is 0.0168. The number of ether oxygens (including phenoxy) is 1. The predicted octanol–water partition coefficient (Wildman–Crippen LogP) is 3.87. The Hall–Kier alpha value is -2.68. The maximum absolute atomic E-state index is 12.8. The first-order valence-electron chi connectivity index (χ1n) is 5.80. The summed E-state index contributed by atoms with van der Waals surface area (Å²) in [7, 11) is 0. The van der Waals surface area contributed by atoms with Crippen LogP contribution >= 0.6 is 0 Å². The van der Waals surface area contributed by atoms with Gasteiger partial charge < -0.3 is 9.84 Å². The smallest absolute Gasteiger partial charge is 0.417 e. The third-order valence-corrected chi connectivity index (χ3v) is 2.62. The summed E-state index contributed by atoms with van der Waals surface area (Å²) < 4.78 is 43.5. The zero-order valence-corrected chi connectivity index (χ0v) is 10.6. The molecule has 1 N–H and O–H groups in total. The fourth-order valence-electron chi connectivity index (χ4n) is 1.66. The lowest BCUT2D eigenvalue weighted by molar-refractivity contribution is -0.137. The molecule has 2 aromatic rings. The van der Waals surface area contributed by atoms with E-state index in [2.05, 4.69) is 0 Å². The van der Waals surface area contributed by atoms with E-state index in [0.717, 1.165) is 12.1 Å². The largest absolute Gasteiger partial charge is 0.508 e. The molecule has 2 aromatic carbocycles. The monoisotopic (exact) mass is 292 g/mol. The SMILES string of the molecule is N#Cc1ccc(O[CH]c2cccc(O)c2)cc1C(F)(F)F. The molecule has 0 amide bonds. The maximum atomic E-state index is 12.8. The van der Waals surface area contributed by atoms with Crippen molar-refractivity contribution in [3.05, 3.63) is 65.8 Å². The number of benzene rings is 2. The molecule has 6 heteroatoms. The van der Waals surface area contributed by atoms with Gasteiger partial charge in [0, 0.05) is 5.56 Å². The average Bonchev–Trinajstić information content (AvgIpc) is 2.44. The molecule has 0 spiro atoms. The number of halogens is 3. The summed E-state index contributed by atoms with van der Waals surface area (Å²) in [4.78, 5) is 0. The number of aromatic hydroxyl groups is 1. The van der Waals surface area contributed by atoms with Crippen LogP contribution in [-0.2, 0) is 6.18 Å². The van der Waals surface area contributed by atoms with Crippen molar-refractivity contribution in [1.82, 2.24) is 0 Å².